The van der Waals surface area contributed by atoms with Crippen molar-refractivity contribution in [1.82, 2.24) is 9.88 Å². The van der Waals surface area contributed by atoms with Crippen molar-refractivity contribution in [3.05, 3.63) is 22.3 Å². The molecule has 0 saturated carbocycles. The van der Waals surface area contributed by atoms with E-state index >= 15 is 0 Å². The summed E-state index contributed by atoms with van der Waals surface area (Å²) in [5, 5.41) is 0. The van der Waals surface area contributed by atoms with Gasteiger partial charge in [-0.2, -0.15) is 0 Å². The van der Waals surface area contributed by atoms with Crippen molar-refractivity contribution in [1.29, 1.82) is 0 Å². The van der Waals surface area contributed by atoms with Crippen LogP contribution in [-0.2, 0) is 6.54 Å². The minimum absolute atomic E-state index is 0.166. The molecule has 0 aliphatic carbocycles. The molecule has 0 amide bonds. The smallest absolute Gasteiger partial charge is 0.133 e. The van der Waals surface area contributed by atoms with E-state index < -0.39 is 0 Å². The molecule has 1 aliphatic heterocycles. The Morgan fingerprint density at radius 2 is 2.17 bits per heavy atom. The van der Waals surface area contributed by atoms with Crippen LogP contribution in [-0.4, -0.2) is 42.1 Å². The van der Waals surface area contributed by atoms with E-state index in [0.29, 0.717) is 6.54 Å². The topological polar surface area (TPSA) is 45.4 Å². The van der Waals surface area contributed by atoms with Gasteiger partial charge in [-0.15, -0.1) is 0 Å². The monoisotopic (exact) mass is 312 g/mol. The lowest BCUT2D eigenvalue weighted by Crippen LogP contribution is -2.58. The fraction of sp³-hybridized carbons (Fsp3) is 0.615. The molecule has 2 N–H and O–H groups in total. The molecule has 0 spiro atoms. The maximum absolute atomic E-state index is 5.82. The van der Waals surface area contributed by atoms with E-state index in [1.54, 1.807) is 0 Å². The Bertz CT molecular complexity index is 433. The van der Waals surface area contributed by atoms with Gasteiger partial charge in [0, 0.05) is 48.0 Å². The van der Waals surface area contributed by atoms with Gasteiger partial charge in [-0.3, -0.25) is 4.90 Å². The minimum atomic E-state index is 0.166. The number of hydrogen-bond donors (Lipinski definition) is 1. The first kappa shape index (κ1) is 13.8. The van der Waals surface area contributed by atoms with E-state index in [2.05, 4.69) is 57.7 Å². The van der Waals surface area contributed by atoms with Gasteiger partial charge in [0.2, 0.25) is 0 Å². The zero-order chi connectivity index (χ0) is 13.3. The van der Waals surface area contributed by atoms with Crippen molar-refractivity contribution in [3.8, 4) is 0 Å². The minimum Gasteiger partial charge on any atom is -0.353 e. The number of hydrogen-bond acceptors (Lipinski definition) is 4. The Balaban J connectivity index is 2.27. The molecule has 2 rings (SSSR count). The summed E-state index contributed by atoms with van der Waals surface area (Å²) in [7, 11) is 2.18. The SMILES string of the molecule is CN1CCN(c2ncc(Br)cc2CN)CC1(C)C. The second kappa shape index (κ2) is 5.15. The van der Waals surface area contributed by atoms with Gasteiger partial charge in [0.1, 0.15) is 5.82 Å². The van der Waals surface area contributed by atoms with Gasteiger partial charge in [0.25, 0.3) is 0 Å². The number of halogens is 1. The lowest BCUT2D eigenvalue weighted by atomic mass is 9.99. The normalized spacial score (nSPS) is 20.2. The summed E-state index contributed by atoms with van der Waals surface area (Å²) in [6, 6.07) is 2.06. The number of piperazine rings is 1. The number of rotatable bonds is 2. The van der Waals surface area contributed by atoms with Gasteiger partial charge in [0.05, 0.1) is 0 Å². The van der Waals surface area contributed by atoms with Crippen molar-refractivity contribution < 1.29 is 0 Å². The van der Waals surface area contributed by atoms with Crippen LogP contribution in [0.4, 0.5) is 5.82 Å². The van der Waals surface area contributed by atoms with Crippen LogP contribution in [0.3, 0.4) is 0 Å². The fourth-order valence-electron chi connectivity index (χ4n) is 2.33. The molecule has 100 valence electrons. The third-order valence-electron chi connectivity index (χ3n) is 3.75. The summed E-state index contributed by atoms with van der Waals surface area (Å²) in [6.07, 6.45) is 1.85. The molecule has 5 heteroatoms. The molecule has 1 aromatic rings. The summed E-state index contributed by atoms with van der Waals surface area (Å²) in [6.45, 7) is 8.08. The third kappa shape index (κ3) is 2.68. The van der Waals surface area contributed by atoms with Crippen LogP contribution < -0.4 is 10.6 Å². The van der Waals surface area contributed by atoms with Crippen molar-refractivity contribution in [2.24, 2.45) is 5.73 Å². The van der Waals surface area contributed by atoms with Crippen LogP contribution >= 0.6 is 15.9 Å². The molecule has 1 aromatic heterocycles. The second-order valence-corrected chi connectivity index (χ2v) is 6.41. The van der Waals surface area contributed by atoms with Crippen molar-refractivity contribution in [2.45, 2.75) is 25.9 Å². The molecule has 0 radical (unpaired) electrons. The molecular weight excluding hydrogens is 292 g/mol. The molecule has 0 bridgehead atoms. The standard InChI is InChI=1S/C13H21BrN4/c1-13(2)9-18(5-4-17(13)3)12-10(7-15)6-11(14)8-16-12/h6,8H,4-5,7,9,15H2,1-3H3. The zero-order valence-electron chi connectivity index (χ0n) is 11.3. The summed E-state index contributed by atoms with van der Waals surface area (Å²) >= 11 is 3.45. The molecule has 0 atom stereocenters. The number of nitrogens with zero attached hydrogens (tertiary/aromatic N) is 3. The van der Waals surface area contributed by atoms with Gasteiger partial charge < -0.3 is 10.6 Å². The molecular formula is C13H21BrN4. The first-order valence-electron chi connectivity index (χ1n) is 6.25. The second-order valence-electron chi connectivity index (χ2n) is 5.50. The highest BCUT2D eigenvalue weighted by Gasteiger charge is 2.32. The first-order chi connectivity index (χ1) is 8.44. The molecule has 18 heavy (non-hydrogen) atoms. The van der Waals surface area contributed by atoms with Crippen molar-refractivity contribution in [3.63, 3.8) is 0 Å². The maximum atomic E-state index is 5.82. The molecule has 2 heterocycles. The summed E-state index contributed by atoms with van der Waals surface area (Å²) in [5.74, 6) is 1.03. The quantitative estimate of drug-likeness (QED) is 0.905. The van der Waals surface area contributed by atoms with Gasteiger partial charge >= 0.3 is 0 Å². The van der Waals surface area contributed by atoms with Gasteiger partial charge in [-0.25, -0.2) is 4.98 Å². The highest BCUT2D eigenvalue weighted by Crippen LogP contribution is 2.26. The van der Waals surface area contributed by atoms with E-state index in [1.807, 2.05) is 6.20 Å². The number of nitrogens with two attached hydrogens (primary N) is 1. The number of pyridine rings is 1. The van der Waals surface area contributed by atoms with Crippen LogP contribution in [0.25, 0.3) is 0 Å². The molecule has 0 aromatic carbocycles. The van der Waals surface area contributed by atoms with Crippen LogP contribution in [0.15, 0.2) is 16.7 Å². The van der Waals surface area contributed by atoms with E-state index in [-0.39, 0.29) is 5.54 Å². The van der Waals surface area contributed by atoms with Crippen LogP contribution in [0.2, 0.25) is 0 Å². The molecule has 1 fully saturated rings. The number of anilines is 1. The average Bonchev–Trinajstić information content (AvgIpc) is 2.32. The predicted octanol–water partition coefficient (Wildman–Crippen LogP) is 1.83. The van der Waals surface area contributed by atoms with Crippen LogP contribution in [0.5, 0.6) is 0 Å². The molecule has 1 aliphatic rings. The van der Waals surface area contributed by atoms with E-state index in [9.17, 15) is 0 Å². The van der Waals surface area contributed by atoms with Crippen molar-refractivity contribution >= 4 is 21.7 Å². The third-order valence-corrected chi connectivity index (χ3v) is 4.18. The Morgan fingerprint density at radius 3 is 2.78 bits per heavy atom. The first-order valence-corrected chi connectivity index (χ1v) is 7.04. The van der Waals surface area contributed by atoms with E-state index in [0.717, 1.165) is 35.5 Å². The Morgan fingerprint density at radius 1 is 1.44 bits per heavy atom. The fourth-order valence-corrected chi connectivity index (χ4v) is 2.71. The highest BCUT2D eigenvalue weighted by atomic mass is 79.9. The molecule has 4 nitrogen and oxygen atoms in total. The Hall–Kier alpha value is -0.650. The Kier molecular flexibility index (Phi) is 3.94. The number of likely N-dealkylation sites (N-methyl/N-ethyl adjacent to an activating group) is 1. The summed E-state index contributed by atoms with van der Waals surface area (Å²) in [4.78, 5) is 9.28. The zero-order valence-corrected chi connectivity index (χ0v) is 12.9. The summed E-state index contributed by atoms with van der Waals surface area (Å²) < 4.78 is 0.986. The predicted molar refractivity (Wildman–Crippen MR) is 78.8 cm³/mol. The van der Waals surface area contributed by atoms with Gasteiger partial charge in [-0.1, -0.05) is 0 Å². The number of aromatic nitrogens is 1. The average molecular weight is 313 g/mol. The molecule has 0 unspecified atom stereocenters. The maximum Gasteiger partial charge on any atom is 0.133 e. The van der Waals surface area contributed by atoms with E-state index in [4.69, 9.17) is 5.73 Å². The highest BCUT2D eigenvalue weighted by molar-refractivity contribution is 9.10. The van der Waals surface area contributed by atoms with Crippen molar-refractivity contribution in [2.75, 3.05) is 31.6 Å². The summed E-state index contributed by atoms with van der Waals surface area (Å²) in [5.41, 5.74) is 7.09. The van der Waals surface area contributed by atoms with Crippen LogP contribution in [0.1, 0.15) is 19.4 Å². The van der Waals surface area contributed by atoms with Crippen LogP contribution in [0, 0.1) is 0 Å². The molecule has 1 saturated heterocycles. The van der Waals surface area contributed by atoms with E-state index in [1.165, 1.54) is 0 Å². The largest absolute Gasteiger partial charge is 0.353 e. The Labute approximate surface area is 117 Å². The lowest BCUT2D eigenvalue weighted by Gasteiger charge is -2.46. The van der Waals surface area contributed by atoms with Gasteiger partial charge in [0.15, 0.2) is 0 Å². The van der Waals surface area contributed by atoms with Gasteiger partial charge in [-0.05, 0) is 42.9 Å². The lowest BCUT2D eigenvalue weighted by molar-refractivity contribution is 0.138.